The molecule has 8 heteroatoms. The monoisotopic (exact) mass is 482 g/mol. The zero-order valence-corrected chi connectivity index (χ0v) is 19.2. The van der Waals surface area contributed by atoms with Gasteiger partial charge in [0.05, 0.1) is 18.7 Å². The maximum atomic E-state index is 5.73. The Morgan fingerprint density at radius 3 is 2.37 bits per heavy atom. The van der Waals surface area contributed by atoms with E-state index in [9.17, 15) is 0 Å². The molecule has 0 saturated carbocycles. The van der Waals surface area contributed by atoms with Crippen LogP contribution in [-0.2, 0) is 27.0 Å². The van der Waals surface area contributed by atoms with Crippen molar-refractivity contribution >= 4 is 57.3 Å². The molecule has 0 bridgehead atoms. The zero-order chi connectivity index (χ0) is 19.4. The molecule has 0 saturated heterocycles. The van der Waals surface area contributed by atoms with Crippen molar-refractivity contribution in [2.45, 2.75) is 20.0 Å². The Bertz CT molecular complexity index is 1040. The lowest BCUT2D eigenvalue weighted by Crippen LogP contribution is -1.99. The van der Waals surface area contributed by atoms with Crippen molar-refractivity contribution in [2.24, 2.45) is 0 Å². The van der Waals surface area contributed by atoms with Crippen LogP contribution in [0, 0.1) is 4.64 Å². The van der Waals surface area contributed by atoms with Gasteiger partial charge in [-0.1, -0.05) is 52.4 Å². The van der Waals surface area contributed by atoms with E-state index in [4.69, 9.17) is 33.1 Å². The summed E-state index contributed by atoms with van der Waals surface area (Å²) in [5, 5.41) is 0.925. The highest BCUT2D eigenvalue weighted by molar-refractivity contribution is 9.10. The SMILES string of the molecule is CCOP(=S)(Cc1ccc(-c2nc(=S)c3cc(Br)ccc3[nH]2)cc1)OCC. The van der Waals surface area contributed by atoms with Crippen LogP contribution in [0.5, 0.6) is 0 Å². The molecule has 4 nitrogen and oxygen atoms in total. The molecule has 0 fully saturated rings. The molecule has 0 aliphatic heterocycles. The highest BCUT2D eigenvalue weighted by atomic mass is 79.9. The van der Waals surface area contributed by atoms with Crippen LogP contribution in [0.4, 0.5) is 0 Å². The molecule has 0 amide bonds. The summed E-state index contributed by atoms with van der Waals surface area (Å²) in [6.07, 6.45) is 0.611. The predicted molar refractivity (Wildman–Crippen MR) is 121 cm³/mol. The molecule has 0 aliphatic carbocycles. The Kier molecular flexibility index (Phi) is 6.95. The number of H-pyrrole nitrogens is 1. The first-order valence-electron chi connectivity index (χ1n) is 8.61. The van der Waals surface area contributed by atoms with Gasteiger partial charge < -0.3 is 14.0 Å². The summed E-state index contributed by atoms with van der Waals surface area (Å²) in [5.41, 5.74) is 3.02. The lowest BCUT2D eigenvalue weighted by atomic mass is 10.1. The Labute approximate surface area is 177 Å². The first kappa shape index (κ1) is 20.8. The number of fused-ring (bicyclic) bond motifs is 1. The van der Waals surface area contributed by atoms with Crippen molar-refractivity contribution < 1.29 is 9.05 Å². The average molecular weight is 483 g/mol. The van der Waals surface area contributed by atoms with Crippen LogP contribution < -0.4 is 0 Å². The second-order valence-corrected chi connectivity index (χ2v) is 10.9. The molecule has 0 atom stereocenters. The van der Waals surface area contributed by atoms with Crippen molar-refractivity contribution in [2.75, 3.05) is 13.2 Å². The van der Waals surface area contributed by atoms with E-state index in [1.54, 1.807) is 0 Å². The van der Waals surface area contributed by atoms with Crippen molar-refractivity contribution in [3.8, 4) is 11.4 Å². The zero-order valence-electron chi connectivity index (χ0n) is 15.1. The van der Waals surface area contributed by atoms with E-state index in [0.717, 1.165) is 32.3 Å². The minimum absolute atomic E-state index is 0.559. The van der Waals surface area contributed by atoms with Crippen LogP contribution in [0.25, 0.3) is 22.3 Å². The Balaban J connectivity index is 1.89. The molecular formula is C19H20BrN2O2PS2. The van der Waals surface area contributed by atoms with Gasteiger partial charge in [-0.2, -0.15) is 0 Å². The standard InChI is InChI=1S/C19H20BrN2O2PS2/c1-3-23-25(27,24-4-2)12-13-5-7-14(8-6-13)18-21-17-10-9-15(20)11-16(17)19(26)22-18/h5-11H,3-4,12H2,1-2H3,(H,21,22,26). The fraction of sp³-hybridized carbons (Fsp3) is 0.263. The molecule has 0 radical (unpaired) electrons. The first-order valence-corrected chi connectivity index (χ1v) is 12.6. The van der Waals surface area contributed by atoms with Gasteiger partial charge >= 0.3 is 0 Å². The van der Waals surface area contributed by atoms with E-state index in [2.05, 4.69) is 25.9 Å². The number of hydrogen-bond acceptors (Lipinski definition) is 5. The Hall–Kier alpha value is -0.950. The van der Waals surface area contributed by atoms with E-state index >= 15 is 0 Å². The molecule has 1 heterocycles. The van der Waals surface area contributed by atoms with Gasteiger partial charge in [0.15, 0.2) is 6.49 Å². The minimum Gasteiger partial charge on any atom is -0.339 e. The number of nitrogens with one attached hydrogen (secondary N) is 1. The van der Waals surface area contributed by atoms with Crippen molar-refractivity contribution in [1.29, 1.82) is 0 Å². The third-order valence-corrected chi connectivity index (χ3v) is 7.81. The van der Waals surface area contributed by atoms with Crippen molar-refractivity contribution in [3.05, 3.63) is 57.1 Å². The molecule has 0 spiro atoms. The molecular weight excluding hydrogens is 463 g/mol. The molecule has 2 aromatic carbocycles. The van der Waals surface area contributed by atoms with Crippen LogP contribution in [0.15, 0.2) is 46.9 Å². The van der Waals surface area contributed by atoms with Gasteiger partial charge in [-0.3, -0.25) is 0 Å². The molecule has 0 aliphatic rings. The van der Waals surface area contributed by atoms with E-state index in [-0.39, 0.29) is 0 Å². The summed E-state index contributed by atoms with van der Waals surface area (Å²) in [4.78, 5) is 7.91. The highest BCUT2D eigenvalue weighted by Gasteiger charge is 2.18. The molecule has 0 unspecified atom stereocenters. The normalized spacial score (nSPS) is 11.8. The summed E-state index contributed by atoms with van der Waals surface area (Å²) in [6, 6.07) is 14.1. The second-order valence-electron chi connectivity index (χ2n) is 5.88. The predicted octanol–water partition coefficient (Wildman–Crippen LogP) is 6.60. The van der Waals surface area contributed by atoms with Gasteiger partial charge in [0, 0.05) is 21.6 Å². The van der Waals surface area contributed by atoms with E-state index < -0.39 is 6.49 Å². The van der Waals surface area contributed by atoms with E-state index in [0.29, 0.717) is 24.0 Å². The molecule has 3 rings (SSSR count). The first-order chi connectivity index (χ1) is 12.9. The average Bonchev–Trinajstić information content (AvgIpc) is 2.63. The van der Waals surface area contributed by atoms with Crippen molar-refractivity contribution in [3.63, 3.8) is 0 Å². The number of aromatic nitrogens is 2. The third kappa shape index (κ3) is 5.11. The molecule has 1 N–H and O–H groups in total. The second kappa shape index (κ2) is 9.03. The molecule has 27 heavy (non-hydrogen) atoms. The van der Waals surface area contributed by atoms with Gasteiger partial charge in [-0.15, -0.1) is 0 Å². The lowest BCUT2D eigenvalue weighted by Gasteiger charge is -2.21. The quantitative estimate of drug-likeness (QED) is 0.303. The van der Waals surface area contributed by atoms with Gasteiger partial charge in [0.2, 0.25) is 0 Å². The van der Waals surface area contributed by atoms with Gasteiger partial charge in [-0.25, -0.2) is 4.98 Å². The fourth-order valence-corrected chi connectivity index (χ4v) is 6.17. The van der Waals surface area contributed by atoms with Crippen LogP contribution in [0.2, 0.25) is 0 Å². The van der Waals surface area contributed by atoms with Crippen molar-refractivity contribution in [1.82, 2.24) is 9.97 Å². The topological polar surface area (TPSA) is 47.1 Å². The third-order valence-electron chi connectivity index (χ3n) is 3.93. The van der Waals surface area contributed by atoms with Crippen LogP contribution >= 0.6 is 34.6 Å². The van der Waals surface area contributed by atoms with Crippen LogP contribution in [-0.4, -0.2) is 23.2 Å². The number of benzene rings is 2. The summed E-state index contributed by atoms with van der Waals surface area (Å²) >= 11 is 14.6. The summed E-state index contributed by atoms with van der Waals surface area (Å²) < 4.78 is 13.0. The summed E-state index contributed by atoms with van der Waals surface area (Å²) in [5.74, 6) is 0.746. The molecule has 142 valence electrons. The van der Waals surface area contributed by atoms with Gasteiger partial charge in [-0.05, 0) is 49.4 Å². The molecule has 1 aromatic heterocycles. The van der Waals surface area contributed by atoms with E-state index in [1.807, 2.05) is 56.3 Å². The largest absolute Gasteiger partial charge is 0.339 e. The Morgan fingerprint density at radius 2 is 1.74 bits per heavy atom. The van der Waals surface area contributed by atoms with Gasteiger partial charge in [0.1, 0.15) is 10.5 Å². The minimum atomic E-state index is -2.28. The maximum Gasteiger partial charge on any atom is 0.193 e. The fourth-order valence-electron chi connectivity index (χ4n) is 2.77. The van der Waals surface area contributed by atoms with E-state index in [1.165, 1.54) is 0 Å². The number of hydrogen-bond donors (Lipinski definition) is 1. The van der Waals surface area contributed by atoms with Gasteiger partial charge in [0.25, 0.3) is 0 Å². The lowest BCUT2D eigenvalue weighted by molar-refractivity contribution is 0.266. The number of aromatic amines is 1. The Morgan fingerprint density at radius 1 is 1.07 bits per heavy atom. The van der Waals surface area contributed by atoms with Crippen LogP contribution in [0.1, 0.15) is 19.4 Å². The smallest absolute Gasteiger partial charge is 0.193 e. The number of halogens is 1. The maximum absolute atomic E-state index is 5.73. The highest BCUT2D eigenvalue weighted by Crippen LogP contribution is 2.51. The molecule has 3 aromatic rings. The number of nitrogens with zero attached hydrogens (tertiary/aromatic N) is 1. The summed E-state index contributed by atoms with van der Waals surface area (Å²) in [7, 11) is 0. The summed E-state index contributed by atoms with van der Waals surface area (Å²) in [6.45, 7) is 2.71. The number of rotatable bonds is 7. The van der Waals surface area contributed by atoms with Crippen LogP contribution in [0.3, 0.4) is 0 Å².